The molecule has 2 fully saturated rings. The van der Waals surface area contributed by atoms with E-state index in [1.54, 1.807) is 12.1 Å². The van der Waals surface area contributed by atoms with Crippen molar-refractivity contribution in [2.24, 2.45) is 0 Å². The first-order valence-corrected chi connectivity index (χ1v) is 11.7. The largest absolute Gasteiger partial charge is 0.435 e. The number of rotatable bonds is 4. The Morgan fingerprint density at radius 1 is 1.17 bits per heavy atom. The molecule has 1 unspecified atom stereocenters. The fraction of sp³-hybridized carbons (Fsp3) is 0.478. The number of hydrogen-bond donors (Lipinski definition) is 3. The maximum Gasteiger partial charge on any atom is 0.435 e. The molecule has 2 aliphatic heterocycles. The van der Waals surface area contributed by atoms with Crippen LogP contribution in [0.1, 0.15) is 47.1 Å². The fourth-order valence-electron chi connectivity index (χ4n) is 5.26. The molecular weight excluding hydrogens is 482 g/mol. The van der Waals surface area contributed by atoms with E-state index in [-0.39, 0.29) is 23.2 Å². The summed E-state index contributed by atoms with van der Waals surface area (Å²) in [7, 11) is 1.46. The van der Waals surface area contributed by atoms with Crippen LogP contribution in [0.5, 0.6) is 0 Å². The highest BCUT2D eigenvalue weighted by molar-refractivity contribution is 5.92. The molecule has 1 atom stereocenters. The summed E-state index contributed by atoms with van der Waals surface area (Å²) in [6, 6.07) is 4.90. The van der Waals surface area contributed by atoms with Crippen LogP contribution in [0.3, 0.4) is 0 Å². The van der Waals surface area contributed by atoms with Gasteiger partial charge in [0.15, 0.2) is 5.69 Å². The summed E-state index contributed by atoms with van der Waals surface area (Å²) in [5.74, 6) is -1.14. The molecule has 1 amide bonds. The Morgan fingerprint density at radius 2 is 1.92 bits per heavy atom. The van der Waals surface area contributed by atoms with Crippen molar-refractivity contribution in [2.45, 2.75) is 37.4 Å². The zero-order valence-corrected chi connectivity index (χ0v) is 19.5. The first kappa shape index (κ1) is 24.2. The first-order valence-electron chi connectivity index (χ1n) is 11.7. The standard InChI is InChI=1S/C23H25F4N7O2/c1-28-21(35)14-2-3-17(20(24)29-14)33-8-5-13(6-9-33)34-7-4-12(11-34)15-10-16-18(22(36)30-15)19(32-31-16)23(25,26)27/h2-3,10,12-13H,4-9,11H2,1H3,(H,28,35)(H,30,36)(H,31,32). The predicted octanol–water partition coefficient (Wildman–Crippen LogP) is 2.62. The summed E-state index contributed by atoms with van der Waals surface area (Å²) < 4.78 is 53.9. The van der Waals surface area contributed by atoms with E-state index < -0.39 is 34.7 Å². The van der Waals surface area contributed by atoms with Crippen molar-refractivity contribution in [1.29, 1.82) is 0 Å². The number of aromatic nitrogens is 4. The average Bonchev–Trinajstić information content (AvgIpc) is 3.51. The summed E-state index contributed by atoms with van der Waals surface area (Å²) in [5, 5.41) is 7.60. The summed E-state index contributed by atoms with van der Waals surface area (Å²) >= 11 is 0. The van der Waals surface area contributed by atoms with Crippen molar-refractivity contribution >= 4 is 22.5 Å². The number of anilines is 1. The third-order valence-electron chi connectivity index (χ3n) is 7.12. The number of piperidine rings is 1. The summed E-state index contributed by atoms with van der Waals surface area (Å²) in [6.07, 6.45) is -2.35. The van der Waals surface area contributed by atoms with Gasteiger partial charge in [-0.15, -0.1) is 0 Å². The normalized spacial score (nSPS) is 19.8. The molecule has 5 heterocycles. The van der Waals surface area contributed by atoms with Crippen LogP contribution in [0, 0.1) is 5.95 Å². The summed E-state index contributed by atoms with van der Waals surface area (Å²) in [4.78, 5) is 34.8. The molecule has 0 radical (unpaired) electrons. The molecule has 0 spiro atoms. The van der Waals surface area contributed by atoms with Crippen LogP contribution in [0.25, 0.3) is 10.9 Å². The van der Waals surface area contributed by atoms with E-state index in [1.807, 2.05) is 4.90 Å². The van der Waals surface area contributed by atoms with Gasteiger partial charge in [0.1, 0.15) is 5.69 Å². The molecule has 3 N–H and O–H groups in total. The molecule has 2 aliphatic rings. The maximum atomic E-state index is 14.5. The quantitative estimate of drug-likeness (QED) is 0.370. The van der Waals surface area contributed by atoms with Crippen LogP contribution in [0.15, 0.2) is 23.0 Å². The van der Waals surface area contributed by atoms with Crippen molar-refractivity contribution in [2.75, 3.05) is 38.1 Å². The minimum atomic E-state index is -4.71. The van der Waals surface area contributed by atoms with Crippen molar-refractivity contribution in [1.82, 2.24) is 30.4 Å². The van der Waals surface area contributed by atoms with Crippen LogP contribution in [-0.4, -0.2) is 70.2 Å². The SMILES string of the molecule is CNC(=O)c1ccc(N2CCC(N3CCC(c4cc5[nH]nc(C(F)(F)F)c5c(=O)[nH]4)C3)CC2)c(F)n1. The van der Waals surface area contributed by atoms with Crippen LogP contribution >= 0.6 is 0 Å². The lowest BCUT2D eigenvalue weighted by atomic mass is 10.0. The molecule has 192 valence electrons. The minimum Gasteiger partial charge on any atom is -0.368 e. The van der Waals surface area contributed by atoms with E-state index in [0.29, 0.717) is 31.0 Å². The Bertz CT molecular complexity index is 1340. The number of nitrogens with zero attached hydrogens (tertiary/aromatic N) is 4. The van der Waals surface area contributed by atoms with Gasteiger partial charge in [-0.05, 0) is 44.0 Å². The van der Waals surface area contributed by atoms with Gasteiger partial charge in [0.25, 0.3) is 11.5 Å². The topological polar surface area (TPSA) is 110 Å². The van der Waals surface area contributed by atoms with Crippen LogP contribution in [0.4, 0.5) is 23.2 Å². The Morgan fingerprint density at radius 3 is 2.58 bits per heavy atom. The van der Waals surface area contributed by atoms with E-state index in [1.165, 1.54) is 13.1 Å². The minimum absolute atomic E-state index is 0.0170. The molecule has 0 saturated carbocycles. The number of H-pyrrole nitrogens is 2. The lowest BCUT2D eigenvalue weighted by Crippen LogP contribution is -2.44. The molecule has 9 nitrogen and oxygen atoms in total. The van der Waals surface area contributed by atoms with Gasteiger partial charge in [-0.2, -0.15) is 22.7 Å². The second-order valence-corrected chi connectivity index (χ2v) is 9.20. The van der Waals surface area contributed by atoms with Gasteiger partial charge in [0.2, 0.25) is 5.95 Å². The summed E-state index contributed by atoms with van der Waals surface area (Å²) in [6.45, 7) is 2.72. The van der Waals surface area contributed by atoms with Crippen molar-refractivity contribution in [3.63, 3.8) is 0 Å². The third kappa shape index (κ3) is 4.43. The number of pyridine rings is 2. The summed E-state index contributed by atoms with van der Waals surface area (Å²) in [5.41, 5.74) is -0.949. The highest BCUT2D eigenvalue weighted by atomic mass is 19.4. The monoisotopic (exact) mass is 507 g/mol. The van der Waals surface area contributed by atoms with E-state index in [9.17, 15) is 27.2 Å². The zero-order chi connectivity index (χ0) is 25.6. The van der Waals surface area contributed by atoms with Crippen molar-refractivity contribution in [3.05, 3.63) is 51.6 Å². The number of likely N-dealkylation sites (tertiary alicyclic amines) is 1. The third-order valence-corrected chi connectivity index (χ3v) is 7.12. The number of nitrogens with one attached hydrogen (secondary N) is 3. The van der Waals surface area contributed by atoms with Crippen molar-refractivity contribution in [3.8, 4) is 0 Å². The van der Waals surface area contributed by atoms with Gasteiger partial charge in [-0.25, -0.2) is 4.98 Å². The lowest BCUT2D eigenvalue weighted by Gasteiger charge is -2.37. The van der Waals surface area contributed by atoms with Crippen molar-refractivity contribution < 1.29 is 22.4 Å². The molecule has 0 aliphatic carbocycles. The Balaban J connectivity index is 1.23. The van der Waals surface area contributed by atoms with Gasteiger partial charge in [0.05, 0.1) is 16.6 Å². The Hall–Kier alpha value is -3.48. The molecule has 5 rings (SSSR count). The highest BCUT2D eigenvalue weighted by Gasteiger charge is 2.38. The van der Waals surface area contributed by atoms with Gasteiger partial charge in [-0.1, -0.05) is 0 Å². The molecule has 3 aromatic heterocycles. The Kier molecular flexibility index (Phi) is 6.18. The molecular formula is C23H25F4N7O2. The number of amides is 1. The number of carbonyl (C=O) groups is 1. The number of aromatic amines is 2. The van der Waals surface area contributed by atoms with Crippen LogP contribution < -0.4 is 15.8 Å². The highest BCUT2D eigenvalue weighted by Crippen LogP contribution is 2.34. The second-order valence-electron chi connectivity index (χ2n) is 9.20. The molecule has 13 heteroatoms. The van der Waals surface area contributed by atoms with Gasteiger partial charge >= 0.3 is 6.18 Å². The molecule has 2 saturated heterocycles. The van der Waals surface area contributed by atoms with Crippen LogP contribution in [-0.2, 0) is 6.18 Å². The zero-order valence-electron chi connectivity index (χ0n) is 19.5. The predicted molar refractivity (Wildman–Crippen MR) is 123 cm³/mol. The number of alkyl halides is 3. The Labute approximate surface area is 202 Å². The van der Waals surface area contributed by atoms with E-state index in [2.05, 4.69) is 30.4 Å². The van der Waals surface area contributed by atoms with E-state index in [0.717, 1.165) is 25.8 Å². The molecule has 0 aromatic carbocycles. The van der Waals surface area contributed by atoms with E-state index >= 15 is 0 Å². The number of halogens is 4. The number of hydrogen-bond acceptors (Lipinski definition) is 6. The van der Waals surface area contributed by atoms with Gasteiger partial charge in [0, 0.05) is 44.3 Å². The van der Waals surface area contributed by atoms with Crippen LogP contribution in [0.2, 0.25) is 0 Å². The first-order chi connectivity index (χ1) is 17.2. The molecule has 3 aromatic rings. The number of fused-ring (bicyclic) bond motifs is 1. The van der Waals surface area contributed by atoms with Gasteiger partial charge in [-0.3, -0.25) is 19.6 Å². The smallest absolute Gasteiger partial charge is 0.368 e. The van der Waals surface area contributed by atoms with Gasteiger partial charge < -0.3 is 15.2 Å². The fourth-order valence-corrected chi connectivity index (χ4v) is 5.26. The molecule has 0 bridgehead atoms. The maximum absolute atomic E-state index is 14.5. The average molecular weight is 507 g/mol. The number of carbonyl (C=O) groups excluding carboxylic acids is 1. The molecule has 36 heavy (non-hydrogen) atoms. The van der Waals surface area contributed by atoms with E-state index in [4.69, 9.17) is 0 Å². The second kappa shape index (κ2) is 9.19. The lowest BCUT2D eigenvalue weighted by molar-refractivity contribution is -0.140.